The van der Waals surface area contributed by atoms with Crippen molar-refractivity contribution in [1.82, 2.24) is 15.1 Å². The molecule has 0 radical (unpaired) electrons. The van der Waals surface area contributed by atoms with Gasteiger partial charge in [0.1, 0.15) is 6.04 Å². The summed E-state index contributed by atoms with van der Waals surface area (Å²) >= 11 is 0. The second-order valence-electron chi connectivity index (χ2n) is 8.11. The van der Waals surface area contributed by atoms with Crippen molar-refractivity contribution in [3.05, 3.63) is 29.1 Å². The van der Waals surface area contributed by atoms with Crippen LogP contribution >= 0.6 is 0 Å². The minimum Gasteiger partial charge on any atom is -0.367 e. The number of anilines is 1. The molecule has 29 heavy (non-hydrogen) atoms. The number of carbonyl (C=O) groups excluding carboxylic acids is 3. The lowest BCUT2D eigenvalue weighted by molar-refractivity contribution is -0.136. The van der Waals surface area contributed by atoms with Gasteiger partial charge in [0, 0.05) is 54.6 Å². The summed E-state index contributed by atoms with van der Waals surface area (Å²) in [5.74, 6) is -3.15. The molecule has 0 aromatic heterocycles. The minimum atomic E-state index is -3.28. The van der Waals surface area contributed by atoms with E-state index in [4.69, 9.17) is 11.0 Å². The smallest absolute Gasteiger partial charge is 0.255 e. The number of imide groups is 1. The van der Waals surface area contributed by atoms with Crippen molar-refractivity contribution in [3.63, 3.8) is 0 Å². The first-order valence-corrected chi connectivity index (χ1v) is 9.26. The highest BCUT2D eigenvalue weighted by Crippen LogP contribution is 2.34. The van der Waals surface area contributed by atoms with Crippen molar-refractivity contribution in [2.45, 2.75) is 51.7 Å². The molecule has 7 nitrogen and oxygen atoms in total. The fourth-order valence-electron chi connectivity index (χ4n) is 3.48. The molecule has 1 aromatic carbocycles. The van der Waals surface area contributed by atoms with Gasteiger partial charge in [-0.15, -0.1) is 0 Å². The molecule has 2 fully saturated rings. The number of carbonyl (C=O) groups is 3. The molecule has 1 aromatic rings. The van der Waals surface area contributed by atoms with Crippen LogP contribution in [0.3, 0.4) is 0 Å². The fraction of sp³-hybridized carbons (Fsp3) is 0.571. The van der Waals surface area contributed by atoms with Gasteiger partial charge in [-0.05, 0) is 39.3 Å². The maximum atomic E-state index is 16.0. The van der Waals surface area contributed by atoms with E-state index in [0.717, 1.165) is 17.0 Å². The molecular weight excluding hydrogens is 375 g/mol. The zero-order valence-corrected chi connectivity index (χ0v) is 16.3. The lowest BCUT2D eigenvalue weighted by Crippen LogP contribution is -2.53. The number of fused-ring (bicyclic) bond motifs is 1. The SMILES string of the molecule is [2H]C1([2H])N(c2ccc3c(c2F)CN(C2CCC(=O)NC2=O)C3=O)C([2H])([2H])C([2H])([2H])N(C(C)(C)C)C1([2H])[2H]. The van der Waals surface area contributed by atoms with Crippen LogP contribution in [0.15, 0.2) is 12.1 Å². The summed E-state index contributed by atoms with van der Waals surface area (Å²) in [4.78, 5) is 38.4. The maximum absolute atomic E-state index is 16.0. The van der Waals surface area contributed by atoms with Crippen LogP contribution in [0.25, 0.3) is 0 Å². The van der Waals surface area contributed by atoms with E-state index in [9.17, 15) is 14.4 Å². The molecule has 0 bridgehead atoms. The van der Waals surface area contributed by atoms with Crippen LogP contribution < -0.4 is 10.2 Å². The number of benzene rings is 1. The number of piperazine rings is 1. The van der Waals surface area contributed by atoms with Gasteiger partial charge < -0.3 is 9.80 Å². The molecule has 3 heterocycles. The molecule has 156 valence electrons. The first-order chi connectivity index (χ1) is 16.7. The summed E-state index contributed by atoms with van der Waals surface area (Å²) in [6.07, 6.45) is 0.00600. The minimum absolute atomic E-state index is 0.0209. The molecule has 4 rings (SSSR count). The summed E-state index contributed by atoms with van der Waals surface area (Å²) in [7, 11) is 0. The fourth-order valence-corrected chi connectivity index (χ4v) is 3.48. The summed E-state index contributed by atoms with van der Waals surface area (Å²) in [5.41, 5.74) is -2.55. The Hall–Kier alpha value is -2.48. The zero-order valence-electron chi connectivity index (χ0n) is 24.3. The molecule has 1 atom stereocenters. The van der Waals surface area contributed by atoms with E-state index in [1.165, 1.54) is 20.8 Å². The Morgan fingerprint density at radius 3 is 2.45 bits per heavy atom. The van der Waals surface area contributed by atoms with Gasteiger partial charge in [0.15, 0.2) is 5.82 Å². The van der Waals surface area contributed by atoms with Crippen molar-refractivity contribution < 1.29 is 29.7 Å². The van der Waals surface area contributed by atoms with Crippen LogP contribution in [0, 0.1) is 5.82 Å². The highest BCUT2D eigenvalue weighted by atomic mass is 19.1. The van der Waals surface area contributed by atoms with Gasteiger partial charge in [0.05, 0.1) is 17.7 Å². The van der Waals surface area contributed by atoms with Crippen LogP contribution in [-0.4, -0.2) is 65.1 Å². The van der Waals surface area contributed by atoms with E-state index in [0.29, 0.717) is 4.90 Å². The largest absolute Gasteiger partial charge is 0.367 e. The van der Waals surface area contributed by atoms with Gasteiger partial charge in [-0.25, -0.2) is 4.39 Å². The Morgan fingerprint density at radius 1 is 1.14 bits per heavy atom. The van der Waals surface area contributed by atoms with Gasteiger partial charge in [-0.3, -0.25) is 24.6 Å². The van der Waals surface area contributed by atoms with E-state index >= 15 is 4.39 Å². The third kappa shape index (κ3) is 3.50. The van der Waals surface area contributed by atoms with Gasteiger partial charge in [-0.1, -0.05) is 0 Å². The van der Waals surface area contributed by atoms with E-state index in [1.54, 1.807) is 0 Å². The quantitative estimate of drug-likeness (QED) is 0.749. The normalized spacial score (nSPS) is 34.5. The highest BCUT2D eigenvalue weighted by molar-refractivity contribution is 6.05. The number of amides is 3. The molecule has 1 N–H and O–H groups in total. The molecule has 0 aliphatic carbocycles. The van der Waals surface area contributed by atoms with Crippen molar-refractivity contribution in [3.8, 4) is 0 Å². The predicted octanol–water partition coefficient (Wildman–Crippen LogP) is 1.51. The van der Waals surface area contributed by atoms with Crippen LogP contribution in [-0.2, 0) is 16.1 Å². The number of piperidine rings is 1. The zero-order chi connectivity index (χ0) is 28.1. The molecule has 0 saturated carbocycles. The van der Waals surface area contributed by atoms with Crippen LogP contribution in [0.4, 0.5) is 10.1 Å². The van der Waals surface area contributed by atoms with Crippen molar-refractivity contribution >= 4 is 23.4 Å². The Balaban J connectivity index is 1.82. The Kier molecular flexibility index (Phi) is 3.00. The number of hydrogen-bond acceptors (Lipinski definition) is 5. The lowest BCUT2D eigenvalue weighted by Gasteiger charge is -2.43. The summed E-state index contributed by atoms with van der Waals surface area (Å²) < 4.78 is 84.4. The van der Waals surface area contributed by atoms with Gasteiger partial charge in [0.25, 0.3) is 5.91 Å². The predicted molar refractivity (Wildman–Crippen MR) is 106 cm³/mol. The lowest BCUT2D eigenvalue weighted by atomic mass is 10.0. The molecule has 3 amide bonds. The van der Waals surface area contributed by atoms with Gasteiger partial charge >= 0.3 is 0 Å². The Morgan fingerprint density at radius 2 is 1.83 bits per heavy atom. The monoisotopic (exact) mass is 410 g/mol. The number of hydrogen-bond donors (Lipinski definition) is 1. The molecule has 3 aliphatic heterocycles. The van der Waals surface area contributed by atoms with Gasteiger partial charge in [0.2, 0.25) is 11.8 Å². The van der Waals surface area contributed by atoms with E-state index in [-0.39, 0.29) is 28.9 Å². The highest BCUT2D eigenvalue weighted by Gasteiger charge is 2.41. The third-order valence-corrected chi connectivity index (χ3v) is 5.09. The standard InChI is InChI=1S/C21H27FN4O3/c1-21(2,3)25-10-8-24(9-11-25)15-5-4-13-14(18(15)22)12-26(20(13)29)16-6-7-17(27)23-19(16)28/h4-5,16H,6-12H2,1-3H3,(H,23,27,28)/i8D2,9D2,10D2,11D2. The van der Waals surface area contributed by atoms with Crippen molar-refractivity contribution in [1.29, 1.82) is 0 Å². The second kappa shape index (κ2) is 7.09. The topological polar surface area (TPSA) is 73.0 Å². The number of rotatable bonds is 2. The summed E-state index contributed by atoms with van der Waals surface area (Å²) in [5, 5.41) is 2.13. The molecule has 2 saturated heterocycles. The molecule has 3 aliphatic rings. The first kappa shape index (κ1) is 12.3. The maximum Gasteiger partial charge on any atom is 0.255 e. The molecule has 0 spiro atoms. The number of halogens is 1. The molecular formula is C21H27FN4O3. The Labute approximate surface area is 181 Å². The molecule has 8 heteroatoms. The average molecular weight is 411 g/mol. The third-order valence-electron chi connectivity index (χ3n) is 5.09. The van der Waals surface area contributed by atoms with Crippen molar-refractivity contribution in [2.24, 2.45) is 0 Å². The average Bonchev–Trinajstić information content (AvgIpc) is 3.04. The van der Waals surface area contributed by atoms with Gasteiger partial charge in [-0.2, -0.15) is 0 Å². The van der Waals surface area contributed by atoms with E-state index in [2.05, 4.69) is 5.32 Å². The van der Waals surface area contributed by atoms with E-state index in [1.807, 2.05) is 0 Å². The first-order valence-electron chi connectivity index (χ1n) is 13.3. The van der Waals surface area contributed by atoms with Crippen LogP contribution in [0.1, 0.15) is 60.5 Å². The second-order valence-corrected chi connectivity index (χ2v) is 8.11. The van der Waals surface area contributed by atoms with Crippen LogP contribution in [0.2, 0.25) is 0 Å². The van der Waals surface area contributed by atoms with Crippen LogP contribution in [0.5, 0.6) is 0 Å². The van der Waals surface area contributed by atoms with E-state index < -0.39 is 73.3 Å². The number of nitrogens with one attached hydrogen (secondary N) is 1. The van der Waals surface area contributed by atoms with Crippen molar-refractivity contribution in [2.75, 3.05) is 30.9 Å². The molecule has 1 unspecified atom stereocenters. The summed E-state index contributed by atoms with van der Waals surface area (Å²) in [6, 6.07) is 0.987. The summed E-state index contributed by atoms with van der Waals surface area (Å²) in [6.45, 7) is -9.03. The number of nitrogens with zero attached hydrogens (tertiary/aromatic N) is 3. The Bertz CT molecular complexity index is 1170.